The van der Waals surface area contributed by atoms with Crippen LogP contribution in [0, 0.1) is 5.41 Å². The summed E-state index contributed by atoms with van der Waals surface area (Å²) in [4.78, 5) is 24.0. The molecule has 20 heavy (non-hydrogen) atoms. The van der Waals surface area contributed by atoms with Gasteiger partial charge in [0.05, 0.1) is 0 Å². The fourth-order valence-electron chi connectivity index (χ4n) is 1.75. The molecule has 1 rings (SSSR count). The smallest absolute Gasteiger partial charge is 0.235 e. The number of hydrogen-bond donors (Lipinski definition) is 2. The lowest BCUT2D eigenvalue weighted by Gasteiger charge is -2.22. The Labute approximate surface area is 121 Å². The molecule has 0 aliphatic heterocycles. The average molecular weight is 276 g/mol. The van der Waals surface area contributed by atoms with Crippen LogP contribution in [-0.4, -0.2) is 24.9 Å². The molecule has 0 aliphatic rings. The van der Waals surface area contributed by atoms with E-state index in [4.69, 9.17) is 0 Å². The van der Waals surface area contributed by atoms with Crippen LogP contribution in [0.4, 0.5) is 0 Å². The molecule has 0 radical (unpaired) electrons. The van der Waals surface area contributed by atoms with Gasteiger partial charge in [0.25, 0.3) is 0 Å². The van der Waals surface area contributed by atoms with Crippen LogP contribution in [-0.2, 0) is 16.0 Å². The van der Waals surface area contributed by atoms with E-state index in [2.05, 4.69) is 10.6 Å². The largest absolute Gasteiger partial charge is 0.355 e. The molecule has 0 saturated carbocycles. The Kier molecular flexibility index (Phi) is 6.22. The van der Waals surface area contributed by atoms with Crippen LogP contribution in [0.2, 0.25) is 0 Å². The first-order valence-electron chi connectivity index (χ1n) is 7.09. The summed E-state index contributed by atoms with van der Waals surface area (Å²) in [6.45, 7) is 6.41. The first-order chi connectivity index (χ1) is 9.48. The summed E-state index contributed by atoms with van der Waals surface area (Å²) in [5.41, 5.74) is 0.132. The number of carbonyl (C=O) groups excluding carboxylic acids is 2. The molecule has 4 nitrogen and oxygen atoms in total. The molecule has 0 fully saturated rings. The highest BCUT2D eigenvalue weighted by molar-refractivity contribution is 6.04. The molecule has 0 unspecified atom stereocenters. The summed E-state index contributed by atoms with van der Waals surface area (Å²) >= 11 is 0. The molecule has 110 valence electrons. The lowest BCUT2D eigenvalue weighted by atomic mass is 9.91. The molecule has 1 aromatic rings. The van der Waals surface area contributed by atoms with Gasteiger partial charge in [-0.1, -0.05) is 37.3 Å². The second kappa shape index (κ2) is 7.68. The maximum Gasteiger partial charge on any atom is 0.235 e. The lowest BCUT2D eigenvalue weighted by molar-refractivity contribution is -0.141. The molecule has 0 saturated heterocycles. The molecule has 2 N–H and O–H groups in total. The predicted molar refractivity (Wildman–Crippen MR) is 80.2 cm³/mol. The van der Waals surface area contributed by atoms with Crippen LogP contribution in [0.3, 0.4) is 0 Å². The highest BCUT2D eigenvalue weighted by atomic mass is 16.2. The van der Waals surface area contributed by atoms with Gasteiger partial charge in [-0.2, -0.15) is 0 Å². The van der Waals surface area contributed by atoms with Crippen molar-refractivity contribution in [2.24, 2.45) is 5.41 Å². The zero-order valence-corrected chi connectivity index (χ0v) is 12.5. The summed E-state index contributed by atoms with van der Waals surface area (Å²) in [5, 5.41) is 5.59. The summed E-state index contributed by atoms with van der Waals surface area (Å²) in [7, 11) is 0. The van der Waals surface area contributed by atoms with Crippen molar-refractivity contribution in [2.45, 2.75) is 33.6 Å². The van der Waals surface area contributed by atoms with Gasteiger partial charge in [0.15, 0.2) is 0 Å². The third-order valence-corrected chi connectivity index (χ3v) is 3.21. The maximum absolute atomic E-state index is 12.1. The third kappa shape index (κ3) is 4.68. The summed E-state index contributed by atoms with van der Waals surface area (Å²) < 4.78 is 0. The minimum atomic E-state index is -1.04. The van der Waals surface area contributed by atoms with Gasteiger partial charge < -0.3 is 10.6 Å². The van der Waals surface area contributed by atoms with Crippen molar-refractivity contribution in [3.05, 3.63) is 35.9 Å². The Bertz CT molecular complexity index is 441. The van der Waals surface area contributed by atoms with E-state index in [1.165, 1.54) is 5.56 Å². The molecule has 0 spiro atoms. The zero-order valence-electron chi connectivity index (χ0n) is 12.5. The summed E-state index contributed by atoms with van der Waals surface area (Å²) in [6, 6.07) is 9.94. The van der Waals surface area contributed by atoms with Crippen LogP contribution in [0.1, 0.15) is 32.8 Å². The summed E-state index contributed by atoms with van der Waals surface area (Å²) in [5.74, 6) is -0.460. The van der Waals surface area contributed by atoms with E-state index in [0.29, 0.717) is 13.1 Å². The molecule has 4 heteroatoms. The highest BCUT2D eigenvalue weighted by Gasteiger charge is 2.35. The molecule has 0 atom stereocenters. The van der Waals surface area contributed by atoms with E-state index < -0.39 is 5.41 Å². The second-order valence-electron chi connectivity index (χ2n) is 5.37. The van der Waals surface area contributed by atoms with Gasteiger partial charge in [-0.05, 0) is 32.3 Å². The van der Waals surface area contributed by atoms with Gasteiger partial charge in [0.2, 0.25) is 11.8 Å². The van der Waals surface area contributed by atoms with Gasteiger partial charge in [0, 0.05) is 13.1 Å². The molecule has 2 amide bonds. The predicted octanol–water partition coefficient (Wildman–Crippen LogP) is 1.90. The number of nitrogens with one attached hydrogen (secondary N) is 2. The fourth-order valence-corrected chi connectivity index (χ4v) is 1.75. The van der Waals surface area contributed by atoms with Crippen molar-refractivity contribution >= 4 is 11.8 Å². The normalized spacial score (nSPS) is 10.9. The molecule has 0 heterocycles. The van der Waals surface area contributed by atoms with Crippen LogP contribution in [0.15, 0.2) is 30.3 Å². The van der Waals surface area contributed by atoms with E-state index in [1.54, 1.807) is 13.8 Å². The van der Waals surface area contributed by atoms with Crippen LogP contribution < -0.4 is 10.6 Å². The average Bonchev–Trinajstić information content (AvgIpc) is 2.45. The van der Waals surface area contributed by atoms with E-state index in [-0.39, 0.29) is 11.8 Å². The SMILES string of the molecule is CCCNC(=O)C(C)(C)C(=O)NCCc1ccccc1. The fraction of sp³-hybridized carbons (Fsp3) is 0.500. The van der Waals surface area contributed by atoms with Crippen molar-refractivity contribution in [3.8, 4) is 0 Å². The number of rotatable bonds is 7. The minimum absolute atomic E-state index is 0.225. The van der Waals surface area contributed by atoms with E-state index in [9.17, 15) is 9.59 Å². The lowest BCUT2D eigenvalue weighted by Crippen LogP contribution is -2.48. The zero-order chi connectivity index (χ0) is 15.0. The number of carbonyl (C=O) groups is 2. The van der Waals surface area contributed by atoms with Gasteiger partial charge in [-0.15, -0.1) is 0 Å². The molecular formula is C16H24N2O2. The van der Waals surface area contributed by atoms with Gasteiger partial charge >= 0.3 is 0 Å². The van der Waals surface area contributed by atoms with Crippen LogP contribution in [0.25, 0.3) is 0 Å². The Morgan fingerprint density at radius 3 is 2.10 bits per heavy atom. The molecule has 1 aromatic carbocycles. The Morgan fingerprint density at radius 1 is 1.00 bits per heavy atom. The van der Waals surface area contributed by atoms with Crippen LogP contribution >= 0.6 is 0 Å². The van der Waals surface area contributed by atoms with Gasteiger partial charge in [0.1, 0.15) is 5.41 Å². The van der Waals surface area contributed by atoms with Crippen molar-refractivity contribution in [1.29, 1.82) is 0 Å². The first kappa shape index (κ1) is 16.2. The Hall–Kier alpha value is -1.84. The molecule has 0 aromatic heterocycles. The van der Waals surface area contributed by atoms with Crippen molar-refractivity contribution in [1.82, 2.24) is 10.6 Å². The topological polar surface area (TPSA) is 58.2 Å². The molecule has 0 aliphatic carbocycles. The summed E-state index contributed by atoms with van der Waals surface area (Å²) in [6.07, 6.45) is 1.62. The maximum atomic E-state index is 12.1. The number of hydrogen-bond acceptors (Lipinski definition) is 2. The third-order valence-electron chi connectivity index (χ3n) is 3.21. The Morgan fingerprint density at radius 2 is 1.55 bits per heavy atom. The standard InChI is InChI=1S/C16H24N2O2/c1-4-11-17-14(19)16(2,3)15(20)18-12-10-13-8-6-5-7-9-13/h5-9H,4,10-12H2,1-3H3,(H,17,19)(H,18,20). The van der Waals surface area contributed by atoms with Gasteiger partial charge in [-0.3, -0.25) is 9.59 Å². The number of amides is 2. The highest BCUT2D eigenvalue weighted by Crippen LogP contribution is 2.15. The van der Waals surface area contributed by atoms with Crippen molar-refractivity contribution < 1.29 is 9.59 Å². The molecule has 0 bridgehead atoms. The monoisotopic (exact) mass is 276 g/mol. The molecular weight excluding hydrogens is 252 g/mol. The van der Waals surface area contributed by atoms with E-state index >= 15 is 0 Å². The van der Waals surface area contributed by atoms with Crippen LogP contribution in [0.5, 0.6) is 0 Å². The second-order valence-corrected chi connectivity index (χ2v) is 5.37. The minimum Gasteiger partial charge on any atom is -0.355 e. The van der Waals surface area contributed by atoms with E-state index in [1.807, 2.05) is 37.3 Å². The van der Waals surface area contributed by atoms with E-state index in [0.717, 1.165) is 12.8 Å². The number of benzene rings is 1. The van der Waals surface area contributed by atoms with Crippen molar-refractivity contribution in [2.75, 3.05) is 13.1 Å². The van der Waals surface area contributed by atoms with Crippen molar-refractivity contribution in [3.63, 3.8) is 0 Å². The van der Waals surface area contributed by atoms with Gasteiger partial charge in [-0.25, -0.2) is 0 Å². The quantitative estimate of drug-likeness (QED) is 0.747. The first-order valence-corrected chi connectivity index (χ1v) is 7.09. The Balaban J connectivity index is 2.43.